The van der Waals surface area contributed by atoms with Crippen molar-refractivity contribution in [1.29, 1.82) is 5.26 Å². The average molecular weight is 217 g/mol. The first-order chi connectivity index (χ1) is 6.04. The van der Waals surface area contributed by atoms with Crippen LogP contribution in [0.25, 0.3) is 0 Å². The summed E-state index contributed by atoms with van der Waals surface area (Å²) < 4.78 is 11.3. The van der Waals surface area contributed by atoms with E-state index < -0.39 is 17.6 Å². The fraction of sp³-hybridized carbons (Fsp3) is 0.875. The third kappa shape index (κ3) is 5.99. The van der Waals surface area contributed by atoms with Crippen LogP contribution in [0.3, 0.4) is 0 Å². The van der Waals surface area contributed by atoms with Crippen LogP contribution in [0.1, 0.15) is 12.8 Å². The van der Waals surface area contributed by atoms with Crippen molar-refractivity contribution in [1.82, 2.24) is 0 Å². The maximum atomic E-state index is 8.41. The maximum Gasteiger partial charge on any atom is 0.324 e. The molecule has 1 atom stereocenters. The first kappa shape index (κ1) is 12.8. The Balaban J connectivity index is 3.90. The molecule has 3 nitrogen and oxygen atoms in total. The summed E-state index contributed by atoms with van der Waals surface area (Å²) in [6.45, 7) is 6.38. The van der Waals surface area contributed by atoms with Crippen LogP contribution in [0.5, 0.6) is 0 Å². The zero-order valence-corrected chi connectivity index (χ0v) is 11.1. The molecule has 0 saturated carbocycles. The monoisotopic (exact) mass is 217 g/mol. The summed E-state index contributed by atoms with van der Waals surface area (Å²) in [6, 6.07) is 3.07. The number of nitriles is 1. The van der Waals surface area contributed by atoms with Crippen molar-refractivity contribution < 1.29 is 8.54 Å². The Morgan fingerprint density at radius 3 is 2.46 bits per heavy atom. The van der Waals surface area contributed by atoms with Gasteiger partial charge in [0.15, 0.2) is 9.04 Å². The molecule has 0 bridgehead atoms. The Morgan fingerprint density at radius 1 is 1.46 bits per heavy atom. The number of hydrogen-bond donors (Lipinski definition) is 0. The van der Waals surface area contributed by atoms with Gasteiger partial charge in [0.2, 0.25) is 0 Å². The smallest absolute Gasteiger partial charge is 0.324 e. The summed E-state index contributed by atoms with van der Waals surface area (Å²) >= 11 is 0. The SMILES string of the molecule is CO[Si](C)(CCCC#N)O[SiH](C)C. The molecule has 0 aliphatic rings. The Kier molecular flexibility index (Phi) is 6.24. The molecular weight excluding hydrogens is 198 g/mol. The van der Waals surface area contributed by atoms with E-state index in [2.05, 4.69) is 25.7 Å². The number of unbranched alkanes of at least 4 members (excludes halogenated alkanes) is 1. The van der Waals surface area contributed by atoms with Crippen LogP contribution in [-0.2, 0) is 8.54 Å². The average Bonchev–Trinajstić information content (AvgIpc) is 2.04. The van der Waals surface area contributed by atoms with Gasteiger partial charge in [0.05, 0.1) is 6.07 Å². The van der Waals surface area contributed by atoms with Gasteiger partial charge in [-0.25, -0.2) is 0 Å². The van der Waals surface area contributed by atoms with Crippen molar-refractivity contribution >= 4 is 17.6 Å². The molecule has 0 saturated heterocycles. The fourth-order valence-electron chi connectivity index (χ4n) is 1.20. The minimum Gasteiger partial charge on any atom is -0.439 e. The lowest BCUT2D eigenvalue weighted by Crippen LogP contribution is -2.41. The molecule has 0 heterocycles. The predicted octanol–water partition coefficient (Wildman–Crippen LogP) is 2.01. The van der Waals surface area contributed by atoms with Gasteiger partial charge in [-0.15, -0.1) is 0 Å². The lowest BCUT2D eigenvalue weighted by Gasteiger charge is -2.27. The van der Waals surface area contributed by atoms with Gasteiger partial charge >= 0.3 is 8.56 Å². The molecule has 0 N–H and O–H groups in total. The number of nitrogens with zero attached hydrogens (tertiary/aromatic N) is 1. The normalized spacial score (nSPS) is 15.4. The summed E-state index contributed by atoms with van der Waals surface area (Å²) in [5, 5.41) is 8.41. The van der Waals surface area contributed by atoms with E-state index >= 15 is 0 Å². The van der Waals surface area contributed by atoms with Gasteiger partial charge in [-0.2, -0.15) is 5.26 Å². The van der Waals surface area contributed by atoms with Gasteiger partial charge < -0.3 is 8.54 Å². The molecule has 0 aromatic carbocycles. The van der Waals surface area contributed by atoms with Gasteiger partial charge in [-0.3, -0.25) is 0 Å². The Morgan fingerprint density at radius 2 is 2.08 bits per heavy atom. The molecule has 0 aliphatic carbocycles. The molecule has 5 heteroatoms. The van der Waals surface area contributed by atoms with E-state index in [0.717, 1.165) is 12.5 Å². The van der Waals surface area contributed by atoms with Crippen LogP contribution in [0.2, 0.25) is 25.7 Å². The molecule has 13 heavy (non-hydrogen) atoms. The van der Waals surface area contributed by atoms with Crippen LogP contribution in [0, 0.1) is 11.3 Å². The quantitative estimate of drug-likeness (QED) is 0.505. The van der Waals surface area contributed by atoms with E-state index in [1.54, 1.807) is 7.11 Å². The fourth-order valence-corrected chi connectivity index (χ4v) is 7.06. The summed E-state index contributed by atoms with van der Waals surface area (Å²) in [5.41, 5.74) is 0. The molecule has 76 valence electrons. The Hall–Kier alpha value is -0.156. The number of hydrogen-bond acceptors (Lipinski definition) is 3. The summed E-state index contributed by atoms with van der Waals surface area (Å²) in [5.74, 6) is 0. The van der Waals surface area contributed by atoms with E-state index in [0.29, 0.717) is 6.42 Å². The molecule has 0 aromatic heterocycles. The summed E-state index contributed by atoms with van der Waals surface area (Å²) in [6.07, 6.45) is 1.50. The van der Waals surface area contributed by atoms with Crippen LogP contribution in [0.15, 0.2) is 0 Å². The number of rotatable bonds is 6. The Labute approximate surface area is 83.6 Å². The van der Waals surface area contributed by atoms with Gasteiger partial charge in [0.25, 0.3) is 0 Å². The van der Waals surface area contributed by atoms with Crippen LogP contribution >= 0.6 is 0 Å². The van der Waals surface area contributed by atoms with Gasteiger partial charge in [-0.05, 0) is 32.1 Å². The first-order valence-electron chi connectivity index (χ1n) is 4.64. The van der Waals surface area contributed by atoms with Crippen molar-refractivity contribution in [2.45, 2.75) is 38.5 Å². The van der Waals surface area contributed by atoms with Gasteiger partial charge in [-0.1, -0.05) is 0 Å². The second kappa shape index (κ2) is 6.32. The third-order valence-electron chi connectivity index (χ3n) is 1.84. The molecule has 0 amide bonds. The zero-order valence-electron chi connectivity index (χ0n) is 8.96. The molecule has 1 unspecified atom stereocenters. The highest BCUT2D eigenvalue weighted by atomic mass is 28.4. The van der Waals surface area contributed by atoms with E-state index in [-0.39, 0.29) is 0 Å². The zero-order chi connectivity index (χ0) is 10.3. The van der Waals surface area contributed by atoms with Crippen LogP contribution in [0.4, 0.5) is 0 Å². The second-order valence-corrected chi connectivity index (χ2v) is 9.73. The van der Waals surface area contributed by atoms with E-state index in [9.17, 15) is 0 Å². The largest absolute Gasteiger partial charge is 0.439 e. The minimum absolute atomic E-state index is 0.606. The molecule has 0 aromatic rings. The highest BCUT2D eigenvalue weighted by molar-refractivity contribution is 6.73. The van der Waals surface area contributed by atoms with Crippen molar-refractivity contribution in [3.05, 3.63) is 0 Å². The van der Waals surface area contributed by atoms with Crippen LogP contribution < -0.4 is 0 Å². The molecule has 0 radical (unpaired) electrons. The van der Waals surface area contributed by atoms with Gasteiger partial charge in [0.1, 0.15) is 0 Å². The molecule has 0 spiro atoms. The van der Waals surface area contributed by atoms with E-state index in [4.69, 9.17) is 13.8 Å². The van der Waals surface area contributed by atoms with E-state index in [1.165, 1.54) is 0 Å². The highest BCUT2D eigenvalue weighted by Crippen LogP contribution is 2.16. The molecule has 0 fully saturated rings. The standard InChI is InChI=1S/C8H19NO2Si2/c1-10-13(4,11-12(2)3)8-6-5-7-9/h12H,5-6,8H2,1-4H3. The van der Waals surface area contributed by atoms with Crippen molar-refractivity contribution in [2.24, 2.45) is 0 Å². The maximum absolute atomic E-state index is 8.41. The van der Waals surface area contributed by atoms with Crippen molar-refractivity contribution in [3.63, 3.8) is 0 Å². The lowest BCUT2D eigenvalue weighted by molar-refractivity contribution is 0.306. The second-order valence-electron chi connectivity index (χ2n) is 3.52. The minimum atomic E-state index is -1.91. The first-order valence-corrected chi connectivity index (χ1v) is 9.94. The Bertz CT molecular complexity index is 181. The third-order valence-corrected chi connectivity index (χ3v) is 7.84. The van der Waals surface area contributed by atoms with E-state index in [1.807, 2.05) is 0 Å². The van der Waals surface area contributed by atoms with Crippen molar-refractivity contribution in [3.8, 4) is 6.07 Å². The lowest BCUT2D eigenvalue weighted by atomic mass is 10.4. The molecule has 0 aliphatic heterocycles. The van der Waals surface area contributed by atoms with Crippen molar-refractivity contribution in [2.75, 3.05) is 7.11 Å². The molecule has 0 rings (SSSR count). The summed E-state index contributed by atoms with van der Waals surface area (Å²) in [7, 11) is -1.21. The van der Waals surface area contributed by atoms with Crippen LogP contribution in [-0.4, -0.2) is 24.7 Å². The predicted molar refractivity (Wildman–Crippen MR) is 58.2 cm³/mol. The molecular formula is C8H19NO2Si2. The highest BCUT2D eigenvalue weighted by Gasteiger charge is 2.30. The topological polar surface area (TPSA) is 42.2 Å². The van der Waals surface area contributed by atoms with Gasteiger partial charge in [0, 0.05) is 13.5 Å². The summed E-state index contributed by atoms with van der Waals surface area (Å²) in [4.78, 5) is 0.